The molecule has 1 aliphatic heterocycles. The Morgan fingerprint density at radius 1 is 1.19 bits per heavy atom. The SMILES string of the molecule is CN(CC(=O)N1N=C(c2cccs2)C[C@@H]1c1ccccc1Cl)C(=O)c1cccc(F)c1. The molecular weight excluding hydrogens is 437 g/mol. The first kappa shape index (κ1) is 21.2. The lowest BCUT2D eigenvalue weighted by Crippen LogP contribution is -2.39. The lowest BCUT2D eigenvalue weighted by Gasteiger charge is -2.25. The minimum Gasteiger partial charge on any atom is -0.332 e. The van der Waals surface area contributed by atoms with E-state index >= 15 is 0 Å². The molecule has 4 rings (SSSR count). The monoisotopic (exact) mass is 455 g/mol. The zero-order valence-electron chi connectivity index (χ0n) is 16.7. The third kappa shape index (κ3) is 4.52. The van der Waals surface area contributed by atoms with Gasteiger partial charge in [-0.15, -0.1) is 11.3 Å². The average Bonchev–Trinajstić information content (AvgIpc) is 3.43. The fraction of sp³-hybridized carbons (Fsp3) is 0.174. The van der Waals surface area contributed by atoms with Crippen LogP contribution in [-0.4, -0.2) is 41.0 Å². The van der Waals surface area contributed by atoms with Crippen molar-refractivity contribution in [1.82, 2.24) is 9.91 Å². The summed E-state index contributed by atoms with van der Waals surface area (Å²) in [5.74, 6) is -1.29. The first-order valence-corrected chi connectivity index (χ1v) is 10.9. The Bertz CT molecular complexity index is 1150. The minimum absolute atomic E-state index is 0.183. The van der Waals surface area contributed by atoms with Gasteiger partial charge in [0.15, 0.2) is 0 Å². The third-order valence-electron chi connectivity index (χ3n) is 5.03. The van der Waals surface area contributed by atoms with Gasteiger partial charge in [0, 0.05) is 24.1 Å². The smallest absolute Gasteiger partial charge is 0.262 e. The highest BCUT2D eigenvalue weighted by Gasteiger charge is 2.35. The number of nitrogens with zero attached hydrogens (tertiary/aromatic N) is 3. The van der Waals surface area contributed by atoms with E-state index in [9.17, 15) is 14.0 Å². The van der Waals surface area contributed by atoms with Crippen molar-refractivity contribution in [2.75, 3.05) is 13.6 Å². The van der Waals surface area contributed by atoms with Crippen molar-refractivity contribution in [2.45, 2.75) is 12.5 Å². The van der Waals surface area contributed by atoms with Gasteiger partial charge < -0.3 is 4.90 Å². The highest BCUT2D eigenvalue weighted by molar-refractivity contribution is 7.12. The Morgan fingerprint density at radius 2 is 2.00 bits per heavy atom. The first-order valence-electron chi connectivity index (χ1n) is 9.63. The largest absolute Gasteiger partial charge is 0.332 e. The lowest BCUT2D eigenvalue weighted by atomic mass is 10.0. The number of carbonyl (C=O) groups excluding carboxylic acids is 2. The molecule has 0 aliphatic carbocycles. The molecule has 0 radical (unpaired) electrons. The number of hydrazone groups is 1. The Kier molecular flexibility index (Phi) is 6.15. The van der Waals surface area contributed by atoms with E-state index in [-0.39, 0.29) is 24.1 Å². The molecule has 0 bridgehead atoms. The predicted octanol–water partition coefficient (Wildman–Crippen LogP) is 4.99. The number of rotatable bonds is 5. The molecular formula is C23H19ClFN3O2S. The number of hydrogen-bond acceptors (Lipinski definition) is 4. The van der Waals surface area contributed by atoms with Crippen LogP contribution >= 0.6 is 22.9 Å². The number of benzene rings is 2. The van der Waals surface area contributed by atoms with Crippen LogP contribution in [0.5, 0.6) is 0 Å². The third-order valence-corrected chi connectivity index (χ3v) is 6.29. The van der Waals surface area contributed by atoms with E-state index in [1.807, 2.05) is 35.7 Å². The number of hydrogen-bond donors (Lipinski definition) is 0. The van der Waals surface area contributed by atoms with Crippen LogP contribution in [0.4, 0.5) is 4.39 Å². The molecule has 0 saturated heterocycles. The zero-order chi connectivity index (χ0) is 22.0. The quantitative estimate of drug-likeness (QED) is 0.544. The molecule has 2 heterocycles. The van der Waals surface area contributed by atoms with Gasteiger partial charge in [-0.2, -0.15) is 5.10 Å². The van der Waals surface area contributed by atoms with E-state index in [1.165, 1.54) is 35.2 Å². The molecule has 0 spiro atoms. The number of likely N-dealkylation sites (N-methyl/N-ethyl adjacent to an activating group) is 1. The molecule has 0 saturated carbocycles. The van der Waals surface area contributed by atoms with Crippen LogP contribution < -0.4 is 0 Å². The maximum Gasteiger partial charge on any atom is 0.262 e. The average molecular weight is 456 g/mol. The second-order valence-electron chi connectivity index (χ2n) is 7.18. The standard InChI is InChI=1S/C23H19ClFN3O2S/c1-27(23(30)15-6-4-7-16(25)12-15)14-22(29)28-20(17-8-2-3-9-18(17)24)13-19(26-28)21-10-5-11-31-21/h2-12,20H,13-14H2,1H3/t20-/m1/s1. The second kappa shape index (κ2) is 8.99. The molecule has 1 aliphatic rings. The van der Waals surface area contributed by atoms with Gasteiger partial charge in [0.1, 0.15) is 12.4 Å². The Balaban J connectivity index is 1.58. The topological polar surface area (TPSA) is 53.0 Å². The van der Waals surface area contributed by atoms with Crippen molar-refractivity contribution < 1.29 is 14.0 Å². The van der Waals surface area contributed by atoms with Gasteiger partial charge in [-0.25, -0.2) is 9.40 Å². The fourth-order valence-electron chi connectivity index (χ4n) is 3.51. The van der Waals surface area contributed by atoms with Gasteiger partial charge in [0.2, 0.25) is 0 Å². The number of amides is 2. The summed E-state index contributed by atoms with van der Waals surface area (Å²) < 4.78 is 13.5. The van der Waals surface area contributed by atoms with E-state index in [1.54, 1.807) is 17.4 Å². The highest BCUT2D eigenvalue weighted by atomic mass is 35.5. The maximum absolute atomic E-state index is 13.5. The molecule has 1 aromatic heterocycles. The number of thiophene rings is 1. The van der Waals surface area contributed by atoms with Crippen molar-refractivity contribution in [3.8, 4) is 0 Å². The van der Waals surface area contributed by atoms with E-state index in [2.05, 4.69) is 5.10 Å². The summed E-state index contributed by atoms with van der Waals surface area (Å²) in [5, 5.41) is 8.50. The van der Waals surface area contributed by atoms with Gasteiger partial charge in [-0.3, -0.25) is 9.59 Å². The van der Waals surface area contributed by atoms with Gasteiger partial charge in [0.05, 0.1) is 16.6 Å². The van der Waals surface area contributed by atoms with Crippen LogP contribution in [0.15, 0.2) is 71.1 Å². The van der Waals surface area contributed by atoms with Crippen LogP contribution in [-0.2, 0) is 4.79 Å². The van der Waals surface area contributed by atoms with Crippen molar-refractivity contribution >= 4 is 40.5 Å². The lowest BCUT2D eigenvalue weighted by molar-refractivity contribution is -0.133. The van der Waals surface area contributed by atoms with Crippen LogP contribution in [0.2, 0.25) is 5.02 Å². The second-order valence-corrected chi connectivity index (χ2v) is 8.53. The predicted molar refractivity (Wildman–Crippen MR) is 120 cm³/mol. The summed E-state index contributed by atoms with van der Waals surface area (Å²) in [7, 11) is 1.51. The molecule has 3 aromatic rings. The molecule has 31 heavy (non-hydrogen) atoms. The highest BCUT2D eigenvalue weighted by Crippen LogP contribution is 2.37. The van der Waals surface area contributed by atoms with E-state index < -0.39 is 11.7 Å². The molecule has 2 amide bonds. The van der Waals surface area contributed by atoms with Crippen molar-refractivity contribution in [2.24, 2.45) is 5.10 Å². The van der Waals surface area contributed by atoms with E-state index in [0.717, 1.165) is 22.2 Å². The molecule has 158 valence electrons. The molecule has 0 N–H and O–H groups in total. The van der Waals surface area contributed by atoms with E-state index in [0.29, 0.717) is 11.4 Å². The summed E-state index contributed by atoms with van der Waals surface area (Å²) in [6, 6.07) is 16.3. The zero-order valence-corrected chi connectivity index (χ0v) is 18.2. The summed E-state index contributed by atoms with van der Waals surface area (Å²) in [6.45, 7) is -0.197. The molecule has 8 heteroatoms. The van der Waals surface area contributed by atoms with Gasteiger partial charge in [-0.05, 0) is 41.3 Å². The maximum atomic E-state index is 13.5. The molecule has 1 atom stereocenters. The van der Waals surface area contributed by atoms with Crippen LogP contribution in [0.3, 0.4) is 0 Å². The first-order chi connectivity index (χ1) is 14.9. The summed E-state index contributed by atoms with van der Waals surface area (Å²) in [6.07, 6.45) is 0.525. The molecule has 0 fully saturated rings. The van der Waals surface area contributed by atoms with Gasteiger partial charge in [-0.1, -0.05) is 41.9 Å². The summed E-state index contributed by atoms with van der Waals surface area (Å²) in [5.41, 5.74) is 1.78. The van der Waals surface area contributed by atoms with Gasteiger partial charge in [0.25, 0.3) is 11.8 Å². The molecule has 0 unspecified atom stereocenters. The summed E-state index contributed by atoms with van der Waals surface area (Å²) >= 11 is 7.96. The van der Waals surface area contributed by atoms with Crippen molar-refractivity contribution in [1.29, 1.82) is 0 Å². The number of carbonyl (C=O) groups is 2. The molecule has 2 aromatic carbocycles. The van der Waals surface area contributed by atoms with Gasteiger partial charge >= 0.3 is 0 Å². The normalized spacial score (nSPS) is 15.6. The van der Waals surface area contributed by atoms with Crippen LogP contribution in [0.1, 0.15) is 33.3 Å². The molecule has 5 nitrogen and oxygen atoms in total. The minimum atomic E-state index is -0.505. The number of halogens is 2. The Hall–Kier alpha value is -3.03. The summed E-state index contributed by atoms with van der Waals surface area (Å²) in [4.78, 5) is 28.1. The Morgan fingerprint density at radius 3 is 2.71 bits per heavy atom. The van der Waals surface area contributed by atoms with Crippen LogP contribution in [0.25, 0.3) is 0 Å². The van der Waals surface area contributed by atoms with Crippen LogP contribution in [0, 0.1) is 5.82 Å². The Labute approximate surface area is 188 Å². The van der Waals surface area contributed by atoms with Crippen molar-refractivity contribution in [3.63, 3.8) is 0 Å². The van der Waals surface area contributed by atoms with Crippen molar-refractivity contribution in [3.05, 3.63) is 92.9 Å². The fourth-order valence-corrected chi connectivity index (χ4v) is 4.49. The van der Waals surface area contributed by atoms with E-state index in [4.69, 9.17) is 11.6 Å².